The molecule has 0 aromatic heterocycles. The van der Waals surface area contributed by atoms with E-state index >= 15 is 0 Å². The lowest BCUT2D eigenvalue weighted by molar-refractivity contribution is 0.0982. The Labute approximate surface area is 134 Å². The van der Waals surface area contributed by atoms with Crippen LogP contribution in [0.5, 0.6) is 0 Å². The number of hydrogen-bond acceptors (Lipinski definition) is 1. The first-order chi connectivity index (χ1) is 9.81. The van der Waals surface area contributed by atoms with Crippen molar-refractivity contribution in [2.45, 2.75) is 6.42 Å². The summed E-state index contributed by atoms with van der Waals surface area (Å²) in [5, 5.41) is 0. The normalized spacial score (nSPS) is 10.8. The maximum atomic E-state index is 13.8. The highest BCUT2D eigenvalue weighted by Gasteiger charge is 2.22. The maximum Gasteiger partial charge on any atom is 0.173 e. The second-order valence-corrected chi connectivity index (χ2v) is 5.94. The van der Waals surface area contributed by atoms with Gasteiger partial charge in [0.1, 0.15) is 23.3 Å². The van der Waals surface area contributed by atoms with Crippen LogP contribution in [0.4, 0.5) is 17.6 Å². The molecule has 0 spiro atoms. The lowest BCUT2D eigenvalue weighted by Crippen LogP contribution is -2.12. The molecule has 0 aliphatic heterocycles. The van der Waals surface area contributed by atoms with E-state index in [0.717, 1.165) is 24.3 Å². The van der Waals surface area contributed by atoms with Crippen molar-refractivity contribution >= 4 is 37.6 Å². The number of Topliss-reactive ketones (excluding diaryl/α,β-unsaturated/α-hetero) is 1. The van der Waals surface area contributed by atoms with Gasteiger partial charge in [-0.2, -0.15) is 0 Å². The van der Waals surface area contributed by atoms with Gasteiger partial charge in [0.15, 0.2) is 5.78 Å². The number of halogens is 6. The fourth-order valence-electron chi connectivity index (χ4n) is 1.79. The topological polar surface area (TPSA) is 17.1 Å². The highest BCUT2D eigenvalue weighted by molar-refractivity contribution is 9.10. The molecule has 21 heavy (non-hydrogen) atoms. The van der Waals surface area contributed by atoms with Crippen LogP contribution >= 0.6 is 31.9 Å². The van der Waals surface area contributed by atoms with Crippen molar-refractivity contribution in [3.05, 3.63) is 67.6 Å². The molecular weight excluding hydrogens is 420 g/mol. The Kier molecular flexibility index (Phi) is 4.83. The third-order valence-electron chi connectivity index (χ3n) is 2.76. The summed E-state index contributed by atoms with van der Waals surface area (Å²) in [5.41, 5.74) is -1.37. The van der Waals surface area contributed by atoms with Gasteiger partial charge in [-0.3, -0.25) is 4.79 Å². The molecule has 7 heteroatoms. The molecule has 0 bridgehead atoms. The molecule has 0 saturated carbocycles. The average molecular weight is 426 g/mol. The fraction of sp³-hybridized carbons (Fsp3) is 0.0714. The van der Waals surface area contributed by atoms with Crippen LogP contribution in [0.3, 0.4) is 0 Å². The maximum absolute atomic E-state index is 13.8. The molecule has 0 atom stereocenters. The zero-order valence-electron chi connectivity index (χ0n) is 10.2. The zero-order chi connectivity index (χ0) is 15.7. The van der Waals surface area contributed by atoms with Gasteiger partial charge in [-0.1, -0.05) is 15.9 Å². The second-order valence-electron chi connectivity index (χ2n) is 4.17. The van der Waals surface area contributed by atoms with Crippen molar-refractivity contribution in [1.29, 1.82) is 0 Å². The van der Waals surface area contributed by atoms with Gasteiger partial charge >= 0.3 is 0 Å². The lowest BCUT2D eigenvalue weighted by atomic mass is 10.0. The van der Waals surface area contributed by atoms with Crippen LogP contribution in [-0.4, -0.2) is 5.78 Å². The molecule has 0 amide bonds. The van der Waals surface area contributed by atoms with Crippen molar-refractivity contribution in [2.24, 2.45) is 0 Å². The molecule has 2 aromatic rings. The highest BCUT2D eigenvalue weighted by atomic mass is 79.9. The van der Waals surface area contributed by atoms with Gasteiger partial charge in [0, 0.05) is 16.5 Å². The van der Waals surface area contributed by atoms with Gasteiger partial charge in [0.25, 0.3) is 0 Å². The average Bonchev–Trinajstić information content (AvgIpc) is 2.38. The second kappa shape index (κ2) is 6.27. The molecule has 1 nitrogen and oxygen atoms in total. The smallest absolute Gasteiger partial charge is 0.173 e. The SMILES string of the molecule is O=C(Cc1c(F)ccc(Br)c1F)c1c(F)cc(Br)cc1F. The van der Waals surface area contributed by atoms with Crippen LogP contribution in [0, 0.1) is 23.3 Å². The van der Waals surface area contributed by atoms with E-state index in [1.165, 1.54) is 0 Å². The molecule has 0 N–H and O–H groups in total. The largest absolute Gasteiger partial charge is 0.294 e. The van der Waals surface area contributed by atoms with Gasteiger partial charge in [0.2, 0.25) is 0 Å². The third kappa shape index (κ3) is 3.35. The van der Waals surface area contributed by atoms with Crippen LogP contribution in [0.25, 0.3) is 0 Å². The van der Waals surface area contributed by atoms with Crippen molar-refractivity contribution < 1.29 is 22.4 Å². The zero-order valence-corrected chi connectivity index (χ0v) is 13.4. The molecule has 0 radical (unpaired) electrons. The summed E-state index contributed by atoms with van der Waals surface area (Å²) in [4.78, 5) is 11.9. The van der Waals surface area contributed by atoms with E-state index in [-0.39, 0.29) is 8.95 Å². The summed E-state index contributed by atoms with van der Waals surface area (Å²) in [6.45, 7) is 0. The Morgan fingerprint density at radius 3 is 2.10 bits per heavy atom. The Balaban J connectivity index is 2.42. The van der Waals surface area contributed by atoms with Crippen LogP contribution in [0.2, 0.25) is 0 Å². The molecule has 2 rings (SSSR count). The Bertz CT molecular complexity index is 708. The number of carbonyl (C=O) groups is 1. The Hall–Kier alpha value is -1.21. The first kappa shape index (κ1) is 16.2. The monoisotopic (exact) mass is 424 g/mol. The summed E-state index contributed by atoms with van der Waals surface area (Å²) in [6.07, 6.45) is -0.785. The molecule has 0 aliphatic rings. The number of carbonyl (C=O) groups excluding carboxylic acids is 1. The van der Waals surface area contributed by atoms with Crippen molar-refractivity contribution in [2.75, 3.05) is 0 Å². The van der Waals surface area contributed by atoms with Crippen LogP contribution in [0.1, 0.15) is 15.9 Å². The van der Waals surface area contributed by atoms with E-state index < -0.39 is 46.6 Å². The lowest BCUT2D eigenvalue weighted by Gasteiger charge is -2.08. The Morgan fingerprint density at radius 1 is 0.952 bits per heavy atom. The summed E-state index contributed by atoms with van der Waals surface area (Å²) < 4.78 is 54.7. The van der Waals surface area contributed by atoms with Crippen molar-refractivity contribution in [3.63, 3.8) is 0 Å². The standard InChI is InChI=1S/C14H6Br2F4O/c15-6-3-10(18)13(11(19)4-6)12(21)5-7-9(17)2-1-8(16)14(7)20/h1-4H,5H2. The Morgan fingerprint density at radius 2 is 1.52 bits per heavy atom. The number of benzene rings is 2. The minimum absolute atomic E-state index is 0.0385. The predicted molar refractivity (Wildman–Crippen MR) is 76.2 cm³/mol. The first-order valence-corrected chi connectivity index (χ1v) is 7.20. The van der Waals surface area contributed by atoms with Crippen LogP contribution in [0.15, 0.2) is 33.2 Å². The summed E-state index contributed by atoms with van der Waals surface area (Å²) in [6, 6.07) is 3.91. The fourth-order valence-corrected chi connectivity index (χ4v) is 2.56. The van der Waals surface area contributed by atoms with E-state index in [2.05, 4.69) is 31.9 Å². The van der Waals surface area contributed by atoms with Crippen LogP contribution < -0.4 is 0 Å². The van der Waals surface area contributed by atoms with Gasteiger partial charge in [0.05, 0.1) is 10.0 Å². The third-order valence-corrected chi connectivity index (χ3v) is 3.83. The van der Waals surface area contributed by atoms with Gasteiger partial charge < -0.3 is 0 Å². The predicted octanol–water partition coefficient (Wildman–Crippen LogP) is 5.19. The summed E-state index contributed by atoms with van der Waals surface area (Å²) >= 11 is 5.74. The number of rotatable bonds is 3. The van der Waals surface area contributed by atoms with E-state index in [1.807, 2.05) is 0 Å². The molecule has 110 valence electrons. The summed E-state index contributed by atoms with van der Waals surface area (Å²) in [5.74, 6) is -5.16. The van der Waals surface area contributed by atoms with E-state index in [9.17, 15) is 22.4 Å². The van der Waals surface area contributed by atoms with Gasteiger partial charge in [-0.15, -0.1) is 0 Å². The molecule has 0 saturated heterocycles. The highest BCUT2D eigenvalue weighted by Crippen LogP contribution is 2.25. The van der Waals surface area contributed by atoms with Gasteiger partial charge in [-0.05, 0) is 40.2 Å². The molecule has 0 aliphatic carbocycles. The summed E-state index contributed by atoms with van der Waals surface area (Å²) in [7, 11) is 0. The van der Waals surface area contributed by atoms with Crippen LogP contribution in [-0.2, 0) is 6.42 Å². The van der Waals surface area contributed by atoms with E-state index in [1.54, 1.807) is 0 Å². The minimum Gasteiger partial charge on any atom is -0.294 e. The van der Waals surface area contributed by atoms with E-state index in [0.29, 0.717) is 0 Å². The van der Waals surface area contributed by atoms with Crippen molar-refractivity contribution in [1.82, 2.24) is 0 Å². The van der Waals surface area contributed by atoms with Crippen molar-refractivity contribution in [3.8, 4) is 0 Å². The molecule has 0 unspecified atom stereocenters. The van der Waals surface area contributed by atoms with Gasteiger partial charge in [-0.25, -0.2) is 17.6 Å². The first-order valence-electron chi connectivity index (χ1n) is 5.61. The quantitative estimate of drug-likeness (QED) is 0.375. The number of ketones is 1. The van der Waals surface area contributed by atoms with E-state index in [4.69, 9.17) is 0 Å². The molecule has 0 heterocycles. The molecule has 2 aromatic carbocycles. The number of hydrogen-bond donors (Lipinski definition) is 0. The molecule has 0 fully saturated rings. The molecular formula is C14H6Br2F4O. The minimum atomic E-state index is -1.09.